The van der Waals surface area contributed by atoms with E-state index in [0.29, 0.717) is 36.7 Å². The fourth-order valence-corrected chi connectivity index (χ4v) is 4.38. The zero-order valence-corrected chi connectivity index (χ0v) is 19.0. The minimum absolute atomic E-state index is 0.0808. The molecule has 0 unspecified atom stereocenters. The summed E-state index contributed by atoms with van der Waals surface area (Å²) >= 11 is 0. The lowest BCUT2D eigenvalue weighted by molar-refractivity contribution is -0.156. The van der Waals surface area contributed by atoms with Gasteiger partial charge in [-0.2, -0.15) is 0 Å². The number of hydrogen-bond donors (Lipinski definition) is 1. The highest BCUT2D eigenvalue weighted by atomic mass is 16.6. The number of carboxylic acid groups (broad SMARTS) is 1. The lowest BCUT2D eigenvalue weighted by Crippen LogP contribution is -2.37. The van der Waals surface area contributed by atoms with E-state index in [1.165, 1.54) is 0 Å². The van der Waals surface area contributed by atoms with Gasteiger partial charge >= 0.3 is 12.1 Å². The Morgan fingerprint density at radius 1 is 1.18 bits per heavy atom. The van der Waals surface area contributed by atoms with E-state index >= 15 is 0 Å². The third-order valence-corrected chi connectivity index (χ3v) is 6.42. The van der Waals surface area contributed by atoms with Crippen molar-refractivity contribution in [3.05, 3.63) is 35.5 Å². The van der Waals surface area contributed by atoms with Crippen LogP contribution in [0.15, 0.2) is 28.8 Å². The van der Waals surface area contributed by atoms with Crippen molar-refractivity contribution in [1.82, 2.24) is 10.1 Å². The van der Waals surface area contributed by atoms with Gasteiger partial charge in [-0.25, -0.2) is 9.59 Å². The van der Waals surface area contributed by atoms with Crippen molar-refractivity contribution in [3.63, 3.8) is 0 Å². The van der Waals surface area contributed by atoms with Crippen LogP contribution in [0, 0.1) is 6.92 Å². The Morgan fingerprint density at radius 2 is 1.91 bits per heavy atom. The van der Waals surface area contributed by atoms with Crippen LogP contribution in [-0.4, -0.2) is 59.1 Å². The third-order valence-electron chi connectivity index (χ3n) is 6.42. The van der Waals surface area contributed by atoms with Gasteiger partial charge < -0.3 is 28.7 Å². The number of hydrogen-bond acceptors (Lipinski definition) is 7. The number of nitrogens with zero attached hydrogens (tertiary/aromatic N) is 2. The summed E-state index contributed by atoms with van der Waals surface area (Å²) in [6.07, 6.45) is 3.87. The van der Waals surface area contributed by atoms with Crippen LogP contribution in [0.5, 0.6) is 5.75 Å². The predicted molar refractivity (Wildman–Crippen MR) is 118 cm³/mol. The van der Waals surface area contributed by atoms with Gasteiger partial charge in [0.15, 0.2) is 11.9 Å². The molecule has 9 nitrogen and oxygen atoms in total. The van der Waals surface area contributed by atoms with Crippen LogP contribution in [0.25, 0.3) is 11.3 Å². The van der Waals surface area contributed by atoms with Gasteiger partial charge in [0.1, 0.15) is 18.5 Å². The molecule has 9 heteroatoms. The number of rotatable bonds is 7. The minimum Gasteiger partial charge on any atom is -0.490 e. The monoisotopic (exact) mass is 458 g/mol. The molecular weight excluding hydrogens is 428 g/mol. The van der Waals surface area contributed by atoms with Gasteiger partial charge in [-0.15, -0.1) is 0 Å². The smallest absolute Gasteiger partial charge is 0.410 e. The van der Waals surface area contributed by atoms with E-state index in [0.717, 1.165) is 36.8 Å². The minimum atomic E-state index is -0.970. The van der Waals surface area contributed by atoms with Crippen molar-refractivity contribution in [1.29, 1.82) is 0 Å². The summed E-state index contributed by atoms with van der Waals surface area (Å²) in [4.78, 5) is 25.3. The first-order valence-corrected chi connectivity index (χ1v) is 11.4. The molecule has 178 valence electrons. The van der Waals surface area contributed by atoms with Crippen LogP contribution in [0.2, 0.25) is 0 Å². The van der Waals surface area contributed by atoms with Crippen molar-refractivity contribution in [3.8, 4) is 17.1 Å². The van der Waals surface area contributed by atoms with E-state index in [1.807, 2.05) is 31.2 Å². The summed E-state index contributed by atoms with van der Waals surface area (Å²) < 4.78 is 22.3. The Labute approximate surface area is 192 Å². The van der Waals surface area contributed by atoms with Crippen molar-refractivity contribution in [2.24, 2.45) is 0 Å². The van der Waals surface area contributed by atoms with Gasteiger partial charge in [-0.05, 0) is 44.0 Å². The highest BCUT2D eigenvalue weighted by molar-refractivity contribution is 5.72. The highest BCUT2D eigenvalue weighted by Crippen LogP contribution is 2.30. The first-order valence-electron chi connectivity index (χ1n) is 11.4. The number of ether oxygens (including phenoxy) is 3. The normalized spacial score (nSPS) is 21.0. The van der Waals surface area contributed by atoms with Crippen molar-refractivity contribution in [2.75, 3.05) is 13.7 Å². The number of carbonyl (C=O) groups is 2. The summed E-state index contributed by atoms with van der Waals surface area (Å²) in [7, 11) is 1.79. The van der Waals surface area contributed by atoms with E-state index in [9.17, 15) is 9.59 Å². The quantitative estimate of drug-likeness (QED) is 0.658. The number of carboxylic acids is 1. The van der Waals surface area contributed by atoms with E-state index < -0.39 is 12.1 Å². The van der Waals surface area contributed by atoms with Crippen molar-refractivity contribution >= 4 is 12.1 Å². The molecule has 0 spiro atoms. The molecule has 2 aromatic rings. The molecule has 1 aliphatic heterocycles. The Balaban J connectivity index is 1.38. The van der Waals surface area contributed by atoms with Crippen LogP contribution in [0.1, 0.15) is 49.8 Å². The first-order chi connectivity index (χ1) is 15.9. The molecule has 1 aliphatic carbocycles. The number of benzene rings is 1. The fourth-order valence-electron chi connectivity index (χ4n) is 4.38. The number of carbonyl (C=O) groups excluding carboxylic acids is 1. The Bertz CT molecular complexity index is 966. The zero-order chi connectivity index (χ0) is 23.4. The maximum atomic E-state index is 12.5. The Morgan fingerprint density at radius 3 is 2.61 bits per heavy atom. The summed E-state index contributed by atoms with van der Waals surface area (Å²) in [5.41, 5.74) is 2.18. The van der Waals surface area contributed by atoms with Crippen molar-refractivity contribution < 1.29 is 33.4 Å². The second kappa shape index (κ2) is 10.2. The van der Waals surface area contributed by atoms with Gasteiger partial charge in [0.25, 0.3) is 0 Å². The molecule has 0 bridgehead atoms. The molecule has 1 aromatic carbocycles. The van der Waals surface area contributed by atoms with Crippen LogP contribution in [0.3, 0.4) is 0 Å². The average Bonchev–Trinajstić information content (AvgIpc) is 3.48. The second-order valence-electron chi connectivity index (χ2n) is 8.67. The van der Waals surface area contributed by atoms with Gasteiger partial charge in [-0.1, -0.05) is 18.0 Å². The van der Waals surface area contributed by atoms with Crippen LogP contribution in [0.4, 0.5) is 4.79 Å². The molecule has 1 aromatic heterocycles. The SMILES string of the molecule is Cc1noc(-c2ccc(O[C@H]3CCO[C@H](C(=O)O)C3)cc2)c1COC(=O)N(C)C1CCCC1. The lowest BCUT2D eigenvalue weighted by Gasteiger charge is -2.27. The van der Waals surface area contributed by atoms with Gasteiger partial charge in [-0.3, -0.25) is 0 Å². The predicted octanol–water partition coefficient (Wildman–Crippen LogP) is 4.17. The molecule has 2 fully saturated rings. The summed E-state index contributed by atoms with van der Waals surface area (Å²) in [5, 5.41) is 13.2. The van der Waals surface area contributed by atoms with Crippen LogP contribution < -0.4 is 4.74 Å². The van der Waals surface area contributed by atoms with Gasteiger partial charge in [0, 0.05) is 31.5 Å². The molecule has 4 rings (SSSR count). The molecule has 1 amide bonds. The molecule has 2 aliphatic rings. The summed E-state index contributed by atoms with van der Waals surface area (Å²) in [6, 6.07) is 7.55. The van der Waals surface area contributed by atoms with Gasteiger partial charge in [0.2, 0.25) is 0 Å². The molecule has 1 N–H and O–H groups in total. The van der Waals surface area contributed by atoms with Crippen LogP contribution in [-0.2, 0) is 20.9 Å². The molecule has 1 saturated heterocycles. The number of aryl methyl sites for hydroxylation is 1. The molecule has 1 saturated carbocycles. The van der Waals surface area contributed by atoms with E-state index in [2.05, 4.69) is 5.16 Å². The maximum Gasteiger partial charge on any atom is 0.410 e. The molecule has 2 heterocycles. The summed E-state index contributed by atoms with van der Waals surface area (Å²) in [5.74, 6) is 0.214. The second-order valence-corrected chi connectivity index (χ2v) is 8.67. The highest BCUT2D eigenvalue weighted by Gasteiger charge is 2.29. The van der Waals surface area contributed by atoms with E-state index in [1.54, 1.807) is 11.9 Å². The van der Waals surface area contributed by atoms with E-state index in [-0.39, 0.29) is 24.8 Å². The summed E-state index contributed by atoms with van der Waals surface area (Å²) in [6.45, 7) is 2.25. The molecular formula is C24H30N2O7. The standard InChI is InChI=1S/C24H30N2O7/c1-15-20(14-31-24(29)26(2)17-5-3-4-6-17)22(33-25-15)16-7-9-18(10-8-16)32-19-11-12-30-21(13-19)23(27)28/h7-10,17,19,21H,3-6,11-14H2,1-2H3,(H,27,28)/t19-,21-/m0/s1. The molecule has 2 atom stereocenters. The number of aromatic nitrogens is 1. The van der Waals surface area contributed by atoms with Gasteiger partial charge in [0.05, 0.1) is 17.9 Å². The van der Waals surface area contributed by atoms with Crippen LogP contribution >= 0.6 is 0 Å². The first kappa shape index (κ1) is 23.1. The fraction of sp³-hybridized carbons (Fsp3) is 0.542. The zero-order valence-electron chi connectivity index (χ0n) is 19.0. The van der Waals surface area contributed by atoms with Crippen molar-refractivity contribution in [2.45, 2.75) is 70.3 Å². The maximum absolute atomic E-state index is 12.5. The lowest BCUT2D eigenvalue weighted by atomic mass is 10.1. The number of amides is 1. The largest absolute Gasteiger partial charge is 0.490 e. The molecule has 0 radical (unpaired) electrons. The number of aliphatic carboxylic acids is 1. The Hall–Kier alpha value is -3.07. The molecule has 33 heavy (non-hydrogen) atoms. The Kier molecular flexibility index (Phi) is 7.17. The average molecular weight is 459 g/mol. The topological polar surface area (TPSA) is 111 Å². The third kappa shape index (κ3) is 5.47. The van der Waals surface area contributed by atoms with E-state index in [4.69, 9.17) is 23.8 Å².